The lowest BCUT2D eigenvalue weighted by Gasteiger charge is -2.24. The number of nitrogens with one attached hydrogen (secondary N) is 1. The number of rotatable bonds is 4. The molecule has 21 heavy (non-hydrogen) atoms. The van der Waals surface area contributed by atoms with Crippen molar-refractivity contribution in [3.63, 3.8) is 0 Å². The van der Waals surface area contributed by atoms with Crippen molar-refractivity contribution in [2.75, 3.05) is 5.32 Å². The number of nitrogens with zero attached hydrogens (tertiary/aromatic N) is 1. The summed E-state index contributed by atoms with van der Waals surface area (Å²) in [4.78, 5) is 33.3. The molecule has 0 heterocycles. The molecule has 1 aromatic rings. The smallest absolute Gasteiger partial charge is 0.307 e. The van der Waals surface area contributed by atoms with Gasteiger partial charge in [0, 0.05) is 17.8 Å². The van der Waals surface area contributed by atoms with Gasteiger partial charge >= 0.3 is 5.97 Å². The monoisotopic (exact) mass is 290 g/mol. The summed E-state index contributed by atoms with van der Waals surface area (Å²) in [6.45, 7) is 0. The summed E-state index contributed by atoms with van der Waals surface area (Å²) >= 11 is 0. The minimum Gasteiger partial charge on any atom is -0.481 e. The molecule has 110 valence electrons. The molecule has 1 aliphatic rings. The molecule has 0 spiro atoms. The Morgan fingerprint density at radius 1 is 1.14 bits per heavy atom. The summed E-state index contributed by atoms with van der Waals surface area (Å²) in [5.74, 6) is -2.76. The van der Waals surface area contributed by atoms with Crippen LogP contribution in [0.3, 0.4) is 0 Å². The molecule has 0 aliphatic heterocycles. The average Bonchev–Trinajstić information content (AvgIpc) is 2.47. The predicted octanol–water partition coefficient (Wildman–Crippen LogP) is 2.20. The van der Waals surface area contributed by atoms with Crippen LogP contribution in [0.5, 0.6) is 0 Å². The molecule has 2 atom stereocenters. The molecule has 0 saturated carbocycles. The van der Waals surface area contributed by atoms with Gasteiger partial charge < -0.3 is 10.4 Å². The average molecular weight is 290 g/mol. The van der Waals surface area contributed by atoms with E-state index in [1.54, 1.807) is 12.2 Å². The zero-order chi connectivity index (χ0) is 15.4. The van der Waals surface area contributed by atoms with Crippen molar-refractivity contribution in [3.8, 4) is 0 Å². The first kappa shape index (κ1) is 14.7. The number of aliphatic carboxylic acids is 1. The van der Waals surface area contributed by atoms with E-state index in [0.717, 1.165) is 0 Å². The number of carboxylic acid groups (broad SMARTS) is 1. The van der Waals surface area contributed by atoms with Crippen LogP contribution in [-0.2, 0) is 9.59 Å². The summed E-state index contributed by atoms with van der Waals surface area (Å²) in [6, 6.07) is 5.41. The number of benzene rings is 1. The largest absolute Gasteiger partial charge is 0.481 e. The van der Waals surface area contributed by atoms with Crippen molar-refractivity contribution in [3.05, 3.63) is 46.5 Å². The van der Waals surface area contributed by atoms with Crippen LogP contribution in [0, 0.1) is 22.0 Å². The molecule has 0 bridgehead atoms. The number of nitro benzene ring substituents is 1. The van der Waals surface area contributed by atoms with Crippen molar-refractivity contribution in [2.24, 2.45) is 11.8 Å². The van der Waals surface area contributed by atoms with Gasteiger partial charge in [0.2, 0.25) is 5.91 Å². The van der Waals surface area contributed by atoms with E-state index < -0.39 is 22.7 Å². The highest BCUT2D eigenvalue weighted by molar-refractivity contribution is 5.95. The van der Waals surface area contributed by atoms with Crippen molar-refractivity contribution >= 4 is 23.3 Å². The highest BCUT2D eigenvalue weighted by Crippen LogP contribution is 2.27. The molecule has 1 aliphatic carbocycles. The lowest BCUT2D eigenvalue weighted by Crippen LogP contribution is -2.34. The lowest BCUT2D eigenvalue weighted by atomic mass is 9.82. The molecule has 1 aromatic carbocycles. The lowest BCUT2D eigenvalue weighted by molar-refractivity contribution is -0.384. The molecular weight excluding hydrogens is 276 g/mol. The van der Waals surface area contributed by atoms with Gasteiger partial charge in [0.25, 0.3) is 5.69 Å². The summed E-state index contributed by atoms with van der Waals surface area (Å²) in [5, 5.41) is 22.3. The molecule has 7 heteroatoms. The molecule has 0 aromatic heterocycles. The van der Waals surface area contributed by atoms with Crippen molar-refractivity contribution in [1.29, 1.82) is 0 Å². The van der Waals surface area contributed by atoms with E-state index >= 15 is 0 Å². The maximum absolute atomic E-state index is 12.2. The van der Waals surface area contributed by atoms with E-state index in [1.165, 1.54) is 24.3 Å². The fourth-order valence-electron chi connectivity index (χ4n) is 2.28. The Morgan fingerprint density at radius 2 is 1.71 bits per heavy atom. The standard InChI is InChI=1S/C14H14N2O5/c17-13(11-3-1-2-4-12(11)14(18)19)15-9-5-7-10(8-6-9)16(20)21/h1-2,5-8,11-12H,3-4H2,(H,15,17)(H,18,19)/t11-,12+/m1/s1. The van der Waals surface area contributed by atoms with E-state index in [-0.39, 0.29) is 11.6 Å². The van der Waals surface area contributed by atoms with E-state index in [9.17, 15) is 19.7 Å². The first-order valence-electron chi connectivity index (χ1n) is 6.42. The van der Waals surface area contributed by atoms with Crippen LogP contribution in [0.1, 0.15) is 12.8 Å². The number of nitro groups is 1. The number of hydrogen-bond donors (Lipinski definition) is 2. The number of allylic oxidation sites excluding steroid dienone is 2. The molecule has 0 fully saturated rings. The number of hydrogen-bond acceptors (Lipinski definition) is 4. The molecule has 7 nitrogen and oxygen atoms in total. The fourth-order valence-corrected chi connectivity index (χ4v) is 2.28. The number of amides is 1. The second-order valence-electron chi connectivity index (χ2n) is 4.79. The molecular formula is C14H14N2O5. The Bertz CT molecular complexity index is 594. The first-order chi connectivity index (χ1) is 9.99. The quantitative estimate of drug-likeness (QED) is 0.502. The van der Waals surface area contributed by atoms with Crippen LogP contribution in [0.25, 0.3) is 0 Å². The van der Waals surface area contributed by atoms with Gasteiger partial charge in [-0.3, -0.25) is 19.7 Å². The molecule has 1 amide bonds. The number of carboxylic acids is 1. The van der Waals surface area contributed by atoms with Crippen molar-refractivity contribution < 1.29 is 19.6 Å². The third kappa shape index (κ3) is 3.44. The molecule has 2 rings (SSSR count). The summed E-state index contributed by atoms with van der Waals surface area (Å²) < 4.78 is 0. The zero-order valence-electron chi connectivity index (χ0n) is 11.1. The number of non-ortho nitro benzene ring substituents is 1. The normalized spacial score (nSPS) is 20.8. The molecule has 0 unspecified atom stereocenters. The summed E-state index contributed by atoms with van der Waals surface area (Å²) in [7, 11) is 0. The van der Waals surface area contributed by atoms with Gasteiger partial charge in [-0.15, -0.1) is 0 Å². The second-order valence-corrected chi connectivity index (χ2v) is 4.79. The maximum Gasteiger partial charge on any atom is 0.307 e. The number of carbonyl (C=O) groups excluding carboxylic acids is 1. The number of carbonyl (C=O) groups is 2. The van der Waals surface area contributed by atoms with E-state index in [4.69, 9.17) is 5.11 Å². The minimum atomic E-state index is -0.997. The van der Waals surface area contributed by atoms with Crippen LogP contribution in [0.15, 0.2) is 36.4 Å². The Morgan fingerprint density at radius 3 is 2.24 bits per heavy atom. The van der Waals surface area contributed by atoms with Crippen molar-refractivity contribution in [2.45, 2.75) is 12.8 Å². The van der Waals surface area contributed by atoms with Gasteiger partial charge in [-0.2, -0.15) is 0 Å². The topological polar surface area (TPSA) is 110 Å². The van der Waals surface area contributed by atoms with E-state index in [1.807, 2.05) is 0 Å². The van der Waals surface area contributed by atoms with Crippen LogP contribution >= 0.6 is 0 Å². The van der Waals surface area contributed by atoms with E-state index in [0.29, 0.717) is 18.5 Å². The highest BCUT2D eigenvalue weighted by Gasteiger charge is 2.33. The van der Waals surface area contributed by atoms with Crippen LogP contribution < -0.4 is 5.32 Å². The Kier molecular flexibility index (Phi) is 4.32. The first-order valence-corrected chi connectivity index (χ1v) is 6.42. The van der Waals surface area contributed by atoms with Gasteiger partial charge in [0.05, 0.1) is 16.8 Å². The van der Waals surface area contributed by atoms with E-state index in [2.05, 4.69) is 5.32 Å². The maximum atomic E-state index is 12.2. The van der Waals surface area contributed by atoms with Crippen LogP contribution in [0.2, 0.25) is 0 Å². The summed E-state index contributed by atoms with van der Waals surface area (Å²) in [5.41, 5.74) is 0.335. The van der Waals surface area contributed by atoms with Crippen LogP contribution in [0.4, 0.5) is 11.4 Å². The number of anilines is 1. The second kappa shape index (κ2) is 6.17. The third-order valence-electron chi connectivity index (χ3n) is 3.43. The van der Waals surface area contributed by atoms with Gasteiger partial charge in [0.1, 0.15) is 0 Å². The Balaban J connectivity index is 2.08. The Hall–Kier alpha value is -2.70. The SMILES string of the molecule is O=C(O)[C@H]1CC=CC[C@H]1C(=O)Nc1ccc([N+](=O)[O-])cc1. The van der Waals surface area contributed by atoms with Gasteiger partial charge in [0.15, 0.2) is 0 Å². The van der Waals surface area contributed by atoms with Gasteiger partial charge in [-0.1, -0.05) is 12.2 Å². The molecule has 0 radical (unpaired) electrons. The minimum absolute atomic E-state index is 0.0722. The summed E-state index contributed by atoms with van der Waals surface area (Å²) in [6.07, 6.45) is 4.25. The molecule has 0 saturated heterocycles. The fraction of sp³-hybridized carbons (Fsp3) is 0.286. The highest BCUT2D eigenvalue weighted by atomic mass is 16.6. The van der Waals surface area contributed by atoms with Gasteiger partial charge in [-0.25, -0.2) is 0 Å². The van der Waals surface area contributed by atoms with Crippen LogP contribution in [-0.4, -0.2) is 21.9 Å². The molecule has 2 N–H and O–H groups in total. The van der Waals surface area contributed by atoms with Crippen molar-refractivity contribution in [1.82, 2.24) is 0 Å². The zero-order valence-corrected chi connectivity index (χ0v) is 11.1. The van der Waals surface area contributed by atoms with Gasteiger partial charge in [-0.05, 0) is 25.0 Å². The predicted molar refractivity (Wildman–Crippen MR) is 74.7 cm³/mol. The Labute approximate surface area is 120 Å². The third-order valence-corrected chi connectivity index (χ3v) is 3.43.